The van der Waals surface area contributed by atoms with Crippen molar-refractivity contribution in [3.63, 3.8) is 0 Å². The average Bonchev–Trinajstić information content (AvgIpc) is 2.47. The van der Waals surface area contributed by atoms with Crippen LogP contribution in [0.15, 0.2) is 41.2 Å². The van der Waals surface area contributed by atoms with E-state index in [9.17, 15) is 9.59 Å². The first-order valence-electron chi connectivity index (χ1n) is 7.02. The lowest BCUT2D eigenvalue weighted by Gasteiger charge is -2.07. The number of hydrogen-bond acceptors (Lipinski definition) is 3. The predicted octanol–water partition coefficient (Wildman–Crippen LogP) is 1.89. The minimum atomic E-state index is -0.277. The van der Waals surface area contributed by atoms with Crippen LogP contribution in [0.3, 0.4) is 0 Å². The molecule has 110 valence electrons. The van der Waals surface area contributed by atoms with Crippen molar-refractivity contribution in [3.8, 4) is 0 Å². The summed E-state index contributed by atoms with van der Waals surface area (Å²) in [6, 6.07) is 10.8. The van der Waals surface area contributed by atoms with Gasteiger partial charge in [0.25, 0.3) is 11.5 Å². The van der Waals surface area contributed by atoms with Crippen LogP contribution in [-0.2, 0) is 13.1 Å². The van der Waals surface area contributed by atoms with Gasteiger partial charge < -0.3 is 5.32 Å². The van der Waals surface area contributed by atoms with E-state index < -0.39 is 0 Å². The van der Waals surface area contributed by atoms with E-state index in [-0.39, 0.29) is 17.2 Å². The van der Waals surface area contributed by atoms with Gasteiger partial charge in [-0.05, 0) is 25.0 Å². The maximum absolute atomic E-state index is 12.1. The van der Waals surface area contributed by atoms with Gasteiger partial charge in [0.2, 0.25) is 0 Å². The summed E-state index contributed by atoms with van der Waals surface area (Å²) >= 11 is 0. The molecule has 1 heterocycles. The molecule has 5 nitrogen and oxygen atoms in total. The van der Waals surface area contributed by atoms with Crippen LogP contribution in [0.4, 0.5) is 0 Å². The predicted molar refractivity (Wildman–Crippen MR) is 81.1 cm³/mol. The first-order chi connectivity index (χ1) is 10.1. The molecule has 0 aliphatic heterocycles. The van der Waals surface area contributed by atoms with Crippen LogP contribution in [0.5, 0.6) is 0 Å². The molecule has 0 fully saturated rings. The zero-order valence-electron chi connectivity index (χ0n) is 12.3. The molecule has 2 aromatic rings. The van der Waals surface area contributed by atoms with Crippen LogP contribution in [0.1, 0.15) is 35.0 Å². The second kappa shape index (κ2) is 6.83. The Hall–Kier alpha value is -2.43. The fourth-order valence-corrected chi connectivity index (χ4v) is 2.04. The number of aryl methyl sites for hydroxylation is 2. The van der Waals surface area contributed by atoms with Crippen molar-refractivity contribution in [2.24, 2.45) is 0 Å². The number of nitrogens with one attached hydrogen (secondary N) is 1. The molecular formula is C16H19N3O2. The van der Waals surface area contributed by atoms with Gasteiger partial charge in [0.15, 0.2) is 0 Å². The van der Waals surface area contributed by atoms with Crippen LogP contribution < -0.4 is 10.9 Å². The monoisotopic (exact) mass is 285 g/mol. The summed E-state index contributed by atoms with van der Waals surface area (Å²) in [5, 5.41) is 6.90. The number of nitrogens with zero attached hydrogens (tertiary/aromatic N) is 2. The molecule has 0 atom stereocenters. The molecule has 1 aromatic heterocycles. The molecule has 0 radical (unpaired) electrons. The summed E-state index contributed by atoms with van der Waals surface area (Å²) in [6.45, 7) is 4.92. The third-order valence-corrected chi connectivity index (χ3v) is 3.07. The summed E-state index contributed by atoms with van der Waals surface area (Å²) in [7, 11) is 0. The van der Waals surface area contributed by atoms with Crippen molar-refractivity contribution in [2.75, 3.05) is 0 Å². The van der Waals surface area contributed by atoms with Crippen LogP contribution in [0.2, 0.25) is 0 Å². The van der Waals surface area contributed by atoms with E-state index in [4.69, 9.17) is 0 Å². The number of rotatable bonds is 5. The normalized spacial score (nSPS) is 10.4. The highest BCUT2D eigenvalue weighted by molar-refractivity contribution is 5.91. The Morgan fingerprint density at radius 3 is 2.81 bits per heavy atom. The minimum absolute atomic E-state index is 0.188. The van der Waals surface area contributed by atoms with E-state index in [1.54, 1.807) is 0 Å². The maximum atomic E-state index is 12.1. The van der Waals surface area contributed by atoms with E-state index in [0.29, 0.717) is 13.1 Å². The third kappa shape index (κ3) is 4.02. The molecule has 1 amide bonds. The molecule has 0 unspecified atom stereocenters. The number of hydrogen-bond donors (Lipinski definition) is 1. The van der Waals surface area contributed by atoms with Crippen LogP contribution in [-0.4, -0.2) is 15.7 Å². The van der Waals surface area contributed by atoms with Gasteiger partial charge in [0, 0.05) is 19.2 Å². The largest absolute Gasteiger partial charge is 0.347 e. The molecule has 0 saturated carbocycles. The SMILES string of the molecule is CCCn1nc(C(=O)NCc2cccc(C)c2)ccc1=O. The molecule has 0 aliphatic carbocycles. The van der Waals surface area contributed by atoms with Crippen LogP contribution >= 0.6 is 0 Å². The van der Waals surface area contributed by atoms with Crippen molar-refractivity contribution in [3.05, 3.63) is 63.6 Å². The average molecular weight is 285 g/mol. The molecular weight excluding hydrogens is 266 g/mol. The first-order valence-corrected chi connectivity index (χ1v) is 7.02. The van der Waals surface area contributed by atoms with E-state index in [0.717, 1.165) is 17.5 Å². The van der Waals surface area contributed by atoms with Crippen LogP contribution in [0, 0.1) is 6.92 Å². The molecule has 0 spiro atoms. The zero-order valence-corrected chi connectivity index (χ0v) is 12.3. The summed E-state index contributed by atoms with van der Waals surface area (Å²) in [5.74, 6) is -0.277. The number of amides is 1. The highest BCUT2D eigenvalue weighted by atomic mass is 16.2. The summed E-state index contributed by atoms with van der Waals surface area (Å²) < 4.78 is 1.32. The molecule has 1 aromatic carbocycles. The fourth-order valence-electron chi connectivity index (χ4n) is 2.04. The Balaban J connectivity index is 2.06. The van der Waals surface area contributed by atoms with Crippen LogP contribution in [0.25, 0.3) is 0 Å². The van der Waals surface area contributed by atoms with Gasteiger partial charge >= 0.3 is 0 Å². The molecule has 2 rings (SSSR count). The van der Waals surface area contributed by atoms with Gasteiger partial charge in [-0.2, -0.15) is 5.10 Å². The lowest BCUT2D eigenvalue weighted by molar-refractivity contribution is 0.0943. The van der Waals surface area contributed by atoms with Gasteiger partial charge in [0.05, 0.1) is 0 Å². The highest BCUT2D eigenvalue weighted by Gasteiger charge is 2.09. The number of benzene rings is 1. The molecule has 0 bridgehead atoms. The van der Waals surface area contributed by atoms with Crippen molar-refractivity contribution >= 4 is 5.91 Å². The molecule has 0 saturated heterocycles. The highest BCUT2D eigenvalue weighted by Crippen LogP contribution is 2.03. The number of carbonyl (C=O) groups excluding carboxylic acids is 1. The molecule has 0 aliphatic rings. The maximum Gasteiger partial charge on any atom is 0.271 e. The Kier molecular flexibility index (Phi) is 4.87. The second-order valence-corrected chi connectivity index (χ2v) is 4.95. The Morgan fingerprint density at radius 1 is 1.29 bits per heavy atom. The lowest BCUT2D eigenvalue weighted by Crippen LogP contribution is -2.29. The third-order valence-electron chi connectivity index (χ3n) is 3.07. The van der Waals surface area contributed by atoms with Gasteiger partial charge in [-0.15, -0.1) is 0 Å². The zero-order chi connectivity index (χ0) is 15.2. The summed E-state index contributed by atoms with van der Waals surface area (Å²) in [4.78, 5) is 23.7. The summed E-state index contributed by atoms with van der Waals surface area (Å²) in [5.41, 5.74) is 2.25. The van der Waals surface area contributed by atoms with E-state index in [1.165, 1.54) is 16.8 Å². The lowest BCUT2D eigenvalue weighted by atomic mass is 10.1. The van der Waals surface area contributed by atoms with Gasteiger partial charge in [-0.3, -0.25) is 9.59 Å². The second-order valence-electron chi connectivity index (χ2n) is 4.95. The van der Waals surface area contributed by atoms with Gasteiger partial charge in [-0.1, -0.05) is 36.8 Å². The van der Waals surface area contributed by atoms with Crippen molar-refractivity contribution < 1.29 is 4.79 Å². The van der Waals surface area contributed by atoms with Crippen molar-refractivity contribution in [2.45, 2.75) is 33.4 Å². The summed E-state index contributed by atoms with van der Waals surface area (Å²) in [6.07, 6.45) is 0.793. The fraction of sp³-hybridized carbons (Fsp3) is 0.312. The topological polar surface area (TPSA) is 64.0 Å². The number of carbonyl (C=O) groups is 1. The van der Waals surface area contributed by atoms with Crippen molar-refractivity contribution in [1.29, 1.82) is 0 Å². The number of aromatic nitrogens is 2. The Morgan fingerprint density at radius 2 is 2.10 bits per heavy atom. The Bertz CT molecular complexity index is 692. The quantitative estimate of drug-likeness (QED) is 0.912. The van der Waals surface area contributed by atoms with Crippen molar-refractivity contribution in [1.82, 2.24) is 15.1 Å². The van der Waals surface area contributed by atoms with Gasteiger partial charge in [-0.25, -0.2) is 4.68 Å². The van der Waals surface area contributed by atoms with E-state index in [1.807, 2.05) is 38.1 Å². The van der Waals surface area contributed by atoms with Gasteiger partial charge in [0.1, 0.15) is 5.69 Å². The standard InChI is InChI=1S/C16H19N3O2/c1-3-9-19-15(20)8-7-14(18-19)16(21)17-11-13-6-4-5-12(2)10-13/h4-8,10H,3,9,11H2,1-2H3,(H,17,21). The molecule has 21 heavy (non-hydrogen) atoms. The van der Waals surface area contributed by atoms with E-state index in [2.05, 4.69) is 10.4 Å². The molecule has 1 N–H and O–H groups in total. The molecule has 5 heteroatoms. The first kappa shape index (κ1) is 15.0. The smallest absolute Gasteiger partial charge is 0.271 e. The minimum Gasteiger partial charge on any atom is -0.347 e. The van der Waals surface area contributed by atoms with E-state index >= 15 is 0 Å². The Labute approximate surface area is 123 Å².